The predicted molar refractivity (Wildman–Crippen MR) is 101 cm³/mol. The summed E-state index contributed by atoms with van der Waals surface area (Å²) in [6.07, 6.45) is 3.42. The van der Waals surface area contributed by atoms with Crippen molar-refractivity contribution in [1.29, 1.82) is 0 Å². The second-order valence-electron chi connectivity index (χ2n) is 5.90. The minimum atomic E-state index is -0.313. The highest BCUT2D eigenvalue weighted by atomic mass is 35.5. The van der Waals surface area contributed by atoms with Crippen molar-refractivity contribution in [2.24, 2.45) is 5.92 Å². The molecule has 0 aliphatic heterocycles. The fraction of sp³-hybridized carbons (Fsp3) is 0.278. The van der Waals surface area contributed by atoms with Crippen molar-refractivity contribution in [2.75, 3.05) is 10.6 Å². The minimum Gasteiger partial charge on any atom is -0.326 e. The fourth-order valence-corrected chi connectivity index (χ4v) is 3.21. The Morgan fingerprint density at radius 3 is 2.72 bits per heavy atom. The number of rotatable bonds is 6. The molecule has 2 N–H and O–H groups in total. The number of aromatic nitrogens is 1. The summed E-state index contributed by atoms with van der Waals surface area (Å²) in [5.41, 5.74) is 0.758. The van der Waals surface area contributed by atoms with Gasteiger partial charge in [-0.25, -0.2) is 4.98 Å². The Balaban J connectivity index is 1.57. The third kappa shape index (κ3) is 5.21. The number of pyridine rings is 1. The molecule has 0 saturated heterocycles. The predicted octanol–water partition coefficient (Wildman–Crippen LogP) is 4.20. The van der Waals surface area contributed by atoms with E-state index >= 15 is 0 Å². The monoisotopic (exact) mass is 375 g/mol. The van der Waals surface area contributed by atoms with Crippen LogP contribution < -0.4 is 10.6 Å². The number of hydrogen-bond acceptors (Lipinski definition) is 4. The molecule has 0 bridgehead atoms. The number of halogens is 1. The van der Waals surface area contributed by atoms with Gasteiger partial charge in [-0.3, -0.25) is 9.59 Å². The zero-order valence-corrected chi connectivity index (χ0v) is 15.2. The zero-order chi connectivity index (χ0) is 17.8. The lowest BCUT2D eigenvalue weighted by Crippen LogP contribution is -2.22. The first-order valence-corrected chi connectivity index (χ1v) is 9.27. The number of nitrogens with zero attached hydrogens (tertiary/aromatic N) is 1. The van der Waals surface area contributed by atoms with E-state index < -0.39 is 0 Å². The van der Waals surface area contributed by atoms with Crippen LogP contribution in [0.5, 0.6) is 0 Å². The van der Waals surface area contributed by atoms with E-state index in [1.54, 1.807) is 12.1 Å². The summed E-state index contributed by atoms with van der Waals surface area (Å²) < 4.78 is 0. The number of carbonyl (C=O) groups excluding carboxylic acids is 2. The number of amides is 2. The minimum absolute atomic E-state index is 0.0711. The smallest absolute Gasteiger partial charge is 0.238 e. The third-order valence-electron chi connectivity index (χ3n) is 3.71. The highest BCUT2D eigenvalue weighted by molar-refractivity contribution is 8.00. The van der Waals surface area contributed by atoms with Crippen LogP contribution in [0.4, 0.5) is 11.5 Å². The van der Waals surface area contributed by atoms with Gasteiger partial charge in [0.15, 0.2) is 0 Å². The maximum absolute atomic E-state index is 12.3. The van der Waals surface area contributed by atoms with Gasteiger partial charge in [-0.15, -0.1) is 11.8 Å². The standard InChI is InChI=1S/C18H18ClN3O2S/c1-11(17(23)22-16-8-7-13(19)10-20-16)25-15-4-2-3-14(9-15)21-18(24)12-5-6-12/h2-4,7-12H,5-6H2,1H3,(H,21,24)(H,20,22,23). The van der Waals surface area contributed by atoms with Crippen LogP contribution in [0.25, 0.3) is 0 Å². The molecule has 130 valence electrons. The van der Waals surface area contributed by atoms with Crippen molar-refractivity contribution >= 4 is 46.7 Å². The molecule has 1 aromatic carbocycles. The van der Waals surface area contributed by atoms with Crippen LogP contribution in [0.3, 0.4) is 0 Å². The molecule has 1 unspecified atom stereocenters. The summed E-state index contributed by atoms with van der Waals surface area (Å²) in [4.78, 5) is 29.1. The molecule has 1 atom stereocenters. The van der Waals surface area contributed by atoms with Crippen LogP contribution >= 0.6 is 23.4 Å². The van der Waals surface area contributed by atoms with Crippen LogP contribution in [0.15, 0.2) is 47.5 Å². The molecular weight excluding hydrogens is 358 g/mol. The molecule has 2 amide bonds. The second-order valence-corrected chi connectivity index (χ2v) is 7.75. The zero-order valence-electron chi connectivity index (χ0n) is 13.7. The highest BCUT2D eigenvalue weighted by Gasteiger charge is 2.29. The summed E-state index contributed by atoms with van der Waals surface area (Å²) in [6, 6.07) is 10.9. The van der Waals surface area contributed by atoms with Gasteiger partial charge in [-0.05, 0) is 50.1 Å². The molecule has 1 aliphatic rings. The molecule has 1 heterocycles. The number of thioether (sulfide) groups is 1. The molecule has 5 nitrogen and oxygen atoms in total. The van der Waals surface area contributed by atoms with Crippen molar-refractivity contribution in [1.82, 2.24) is 4.98 Å². The van der Waals surface area contributed by atoms with E-state index in [1.807, 2.05) is 31.2 Å². The Bertz CT molecular complexity index is 778. The van der Waals surface area contributed by atoms with Gasteiger partial charge in [0.1, 0.15) is 5.82 Å². The van der Waals surface area contributed by atoms with Crippen molar-refractivity contribution in [3.63, 3.8) is 0 Å². The molecule has 1 aliphatic carbocycles. The number of benzene rings is 1. The van der Waals surface area contributed by atoms with Gasteiger partial charge in [-0.1, -0.05) is 17.7 Å². The molecule has 1 saturated carbocycles. The van der Waals surface area contributed by atoms with Crippen LogP contribution in [0, 0.1) is 5.92 Å². The lowest BCUT2D eigenvalue weighted by molar-refractivity contribution is -0.117. The van der Waals surface area contributed by atoms with Gasteiger partial charge >= 0.3 is 0 Å². The number of nitrogens with one attached hydrogen (secondary N) is 2. The second kappa shape index (κ2) is 7.89. The Kier molecular flexibility index (Phi) is 5.60. The molecule has 7 heteroatoms. The van der Waals surface area contributed by atoms with Crippen LogP contribution in [-0.4, -0.2) is 22.0 Å². The number of hydrogen-bond donors (Lipinski definition) is 2. The average molecular weight is 376 g/mol. The normalized spacial score (nSPS) is 14.6. The van der Waals surface area contributed by atoms with E-state index in [4.69, 9.17) is 11.6 Å². The molecule has 25 heavy (non-hydrogen) atoms. The maximum Gasteiger partial charge on any atom is 0.238 e. The van der Waals surface area contributed by atoms with Crippen molar-refractivity contribution in [3.05, 3.63) is 47.6 Å². The fourth-order valence-electron chi connectivity index (χ4n) is 2.17. The van der Waals surface area contributed by atoms with Gasteiger partial charge in [0.2, 0.25) is 11.8 Å². The SMILES string of the molecule is CC(Sc1cccc(NC(=O)C2CC2)c1)C(=O)Nc1ccc(Cl)cn1. The van der Waals surface area contributed by atoms with Gasteiger partial charge in [0, 0.05) is 22.7 Å². The molecule has 1 fully saturated rings. The summed E-state index contributed by atoms with van der Waals surface area (Å²) in [5, 5.41) is 5.88. The van der Waals surface area contributed by atoms with Crippen LogP contribution in [0.2, 0.25) is 5.02 Å². The largest absolute Gasteiger partial charge is 0.326 e. The van der Waals surface area contributed by atoms with Gasteiger partial charge < -0.3 is 10.6 Å². The third-order valence-corrected chi connectivity index (χ3v) is 5.03. The number of anilines is 2. The first-order chi connectivity index (χ1) is 12.0. The van der Waals surface area contributed by atoms with E-state index in [9.17, 15) is 9.59 Å². The van der Waals surface area contributed by atoms with Crippen molar-refractivity contribution in [2.45, 2.75) is 29.9 Å². The van der Waals surface area contributed by atoms with E-state index in [-0.39, 0.29) is 23.0 Å². The molecule has 1 aromatic heterocycles. The van der Waals surface area contributed by atoms with Gasteiger partial charge in [0.25, 0.3) is 0 Å². The van der Waals surface area contributed by atoms with E-state index in [0.717, 1.165) is 23.4 Å². The molecule has 3 rings (SSSR count). The first-order valence-electron chi connectivity index (χ1n) is 8.01. The Labute approximate surface area is 155 Å². The lowest BCUT2D eigenvalue weighted by Gasteiger charge is -2.12. The Morgan fingerprint density at radius 1 is 1.24 bits per heavy atom. The number of carbonyl (C=O) groups is 2. The van der Waals surface area contributed by atoms with Crippen LogP contribution in [-0.2, 0) is 9.59 Å². The van der Waals surface area contributed by atoms with Gasteiger partial charge in [0.05, 0.1) is 10.3 Å². The van der Waals surface area contributed by atoms with E-state index in [1.165, 1.54) is 18.0 Å². The summed E-state index contributed by atoms with van der Waals surface area (Å²) in [6.45, 7) is 1.82. The first kappa shape index (κ1) is 17.8. The molecule has 0 radical (unpaired) electrons. The van der Waals surface area contributed by atoms with E-state index in [2.05, 4.69) is 15.6 Å². The van der Waals surface area contributed by atoms with Crippen molar-refractivity contribution < 1.29 is 9.59 Å². The van der Waals surface area contributed by atoms with Crippen LogP contribution in [0.1, 0.15) is 19.8 Å². The highest BCUT2D eigenvalue weighted by Crippen LogP contribution is 2.31. The Hall–Kier alpha value is -2.05. The summed E-state index contributed by atoms with van der Waals surface area (Å²) in [5.74, 6) is 0.550. The topological polar surface area (TPSA) is 71.1 Å². The Morgan fingerprint density at radius 2 is 2.04 bits per heavy atom. The summed E-state index contributed by atoms with van der Waals surface area (Å²) >= 11 is 7.21. The molecule has 0 spiro atoms. The molecule has 2 aromatic rings. The van der Waals surface area contributed by atoms with Crippen molar-refractivity contribution in [3.8, 4) is 0 Å². The average Bonchev–Trinajstić information content (AvgIpc) is 3.42. The lowest BCUT2D eigenvalue weighted by atomic mass is 10.3. The van der Waals surface area contributed by atoms with Gasteiger partial charge in [-0.2, -0.15) is 0 Å². The molecular formula is C18H18ClN3O2S. The summed E-state index contributed by atoms with van der Waals surface area (Å²) in [7, 11) is 0. The maximum atomic E-state index is 12.3. The quantitative estimate of drug-likeness (QED) is 0.742. The van der Waals surface area contributed by atoms with E-state index in [0.29, 0.717) is 10.8 Å².